The van der Waals surface area contributed by atoms with Gasteiger partial charge in [0.05, 0.1) is 6.20 Å². The largest absolute Gasteiger partial charge is 0.445 e. The van der Waals surface area contributed by atoms with Gasteiger partial charge in [-0.05, 0) is 19.4 Å². The fraction of sp³-hybridized carbons (Fsp3) is 0.700. The first-order valence-corrected chi connectivity index (χ1v) is 5.05. The van der Waals surface area contributed by atoms with Gasteiger partial charge >= 0.3 is 0 Å². The molecule has 1 fully saturated rings. The van der Waals surface area contributed by atoms with Crippen LogP contribution in [0.5, 0.6) is 0 Å². The lowest BCUT2D eigenvalue weighted by atomic mass is 10.1. The average molecular weight is 180 g/mol. The molecule has 3 nitrogen and oxygen atoms in total. The third-order valence-electron chi connectivity index (χ3n) is 2.48. The molecule has 0 radical (unpaired) electrons. The van der Waals surface area contributed by atoms with E-state index in [0.29, 0.717) is 5.92 Å². The van der Waals surface area contributed by atoms with Crippen molar-refractivity contribution < 1.29 is 4.42 Å². The third-order valence-corrected chi connectivity index (χ3v) is 2.48. The molecular formula is C10H16N2O. The quantitative estimate of drug-likeness (QED) is 0.769. The van der Waals surface area contributed by atoms with Crippen LogP contribution >= 0.6 is 0 Å². The van der Waals surface area contributed by atoms with Crippen molar-refractivity contribution in [2.75, 3.05) is 13.1 Å². The maximum atomic E-state index is 5.66. The molecule has 13 heavy (non-hydrogen) atoms. The van der Waals surface area contributed by atoms with E-state index in [1.165, 1.54) is 0 Å². The van der Waals surface area contributed by atoms with Crippen LogP contribution in [0, 0.1) is 0 Å². The monoisotopic (exact) mass is 180 g/mol. The Hall–Kier alpha value is -0.830. The van der Waals surface area contributed by atoms with E-state index in [2.05, 4.69) is 17.2 Å². The van der Waals surface area contributed by atoms with Crippen LogP contribution in [0.1, 0.15) is 37.3 Å². The predicted molar refractivity (Wildman–Crippen MR) is 50.7 cm³/mol. The van der Waals surface area contributed by atoms with Crippen molar-refractivity contribution >= 4 is 0 Å². The summed E-state index contributed by atoms with van der Waals surface area (Å²) in [4.78, 5) is 4.31. The smallest absolute Gasteiger partial charge is 0.198 e. The SMILES string of the molecule is CCCc1cnc(C2CCNC2)o1. The predicted octanol–water partition coefficient (Wildman–Crippen LogP) is 1.70. The number of nitrogens with one attached hydrogen (secondary N) is 1. The first-order valence-electron chi connectivity index (χ1n) is 5.05. The fourth-order valence-electron chi connectivity index (χ4n) is 1.74. The average Bonchev–Trinajstić information content (AvgIpc) is 2.70. The topological polar surface area (TPSA) is 38.1 Å². The molecule has 0 spiro atoms. The molecule has 1 aromatic heterocycles. The summed E-state index contributed by atoms with van der Waals surface area (Å²) in [6.07, 6.45) is 5.16. The Morgan fingerprint density at radius 3 is 3.31 bits per heavy atom. The Balaban J connectivity index is 2.03. The second-order valence-electron chi connectivity index (χ2n) is 3.60. The van der Waals surface area contributed by atoms with E-state index in [0.717, 1.165) is 44.0 Å². The molecular weight excluding hydrogens is 164 g/mol. The zero-order valence-corrected chi connectivity index (χ0v) is 8.05. The van der Waals surface area contributed by atoms with Crippen LogP contribution in [0.4, 0.5) is 0 Å². The van der Waals surface area contributed by atoms with Gasteiger partial charge in [-0.2, -0.15) is 0 Å². The summed E-state index contributed by atoms with van der Waals surface area (Å²) < 4.78 is 5.66. The standard InChI is InChI=1S/C10H16N2O/c1-2-3-9-7-12-10(13-9)8-4-5-11-6-8/h7-8,11H,2-6H2,1H3. The lowest BCUT2D eigenvalue weighted by molar-refractivity contribution is 0.424. The van der Waals surface area contributed by atoms with Crippen molar-refractivity contribution in [3.8, 4) is 0 Å². The van der Waals surface area contributed by atoms with Crippen molar-refractivity contribution in [3.05, 3.63) is 17.8 Å². The summed E-state index contributed by atoms with van der Waals surface area (Å²) in [6.45, 7) is 4.27. The minimum atomic E-state index is 0.505. The van der Waals surface area contributed by atoms with E-state index in [-0.39, 0.29) is 0 Å². The van der Waals surface area contributed by atoms with Gasteiger partial charge in [0.15, 0.2) is 5.89 Å². The third kappa shape index (κ3) is 1.91. The van der Waals surface area contributed by atoms with Crippen LogP contribution in [0.3, 0.4) is 0 Å². The lowest BCUT2D eigenvalue weighted by Crippen LogP contribution is -2.07. The summed E-state index contributed by atoms with van der Waals surface area (Å²) in [7, 11) is 0. The molecule has 0 aromatic carbocycles. The van der Waals surface area contributed by atoms with E-state index in [9.17, 15) is 0 Å². The maximum absolute atomic E-state index is 5.66. The van der Waals surface area contributed by atoms with E-state index < -0.39 is 0 Å². The highest BCUT2D eigenvalue weighted by Gasteiger charge is 2.21. The molecule has 3 heteroatoms. The second-order valence-corrected chi connectivity index (χ2v) is 3.60. The Morgan fingerprint density at radius 1 is 1.69 bits per heavy atom. The molecule has 1 aliphatic rings. The Labute approximate surface area is 78.5 Å². The Kier molecular flexibility index (Phi) is 2.64. The second kappa shape index (κ2) is 3.92. The molecule has 1 unspecified atom stereocenters. The van der Waals surface area contributed by atoms with Crippen LogP contribution in [-0.2, 0) is 6.42 Å². The molecule has 0 aliphatic carbocycles. The zero-order chi connectivity index (χ0) is 9.10. The molecule has 1 atom stereocenters. The molecule has 1 aromatic rings. The molecule has 1 saturated heterocycles. The van der Waals surface area contributed by atoms with Gasteiger partial charge in [-0.1, -0.05) is 6.92 Å². The summed E-state index contributed by atoms with van der Waals surface area (Å²) in [6, 6.07) is 0. The highest BCUT2D eigenvalue weighted by Crippen LogP contribution is 2.22. The highest BCUT2D eigenvalue weighted by atomic mass is 16.4. The maximum Gasteiger partial charge on any atom is 0.198 e. The minimum Gasteiger partial charge on any atom is -0.445 e. The van der Waals surface area contributed by atoms with Crippen LogP contribution in [0.15, 0.2) is 10.6 Å². The van der Waals surface area contributed by atoms with Crippen LogP contribution < -0.4 is 5.32 Å². The fourth-order valence-corrected chi connectivity index (χ4v) is 1.74. The Morgan fingerprint density at radius 2 is 2.62 bits per heavy atom. The van der Waals surface area contributed by atoms with Gasteiger partial charge in [0.1, 0.15) is 5.76 Å². The summed E-state index contributed by atoms with van der Waals surface area (Å²) in [5.74, 6) is 2.46. The molecule has 2 rings (SSSR count). The molecule has 1 N–H and O–H groups in total. The number of aryl methyl sites for hydroxylation is 1. The van der Waals surface area contributed by atoms with Gasteiger partial charge in [0.25, 0.3) is 0 Å². The van der Waals surface area contributed by atoms with Crippen molar-refractivity contribution in [3.63, 3.8) is 0 Å². The number of aromatic nitrogens is 1. The van der Waals surface area contributed by atoms with Crippen molar-refractivity contribution in [1.82, 2.24) is 10.3 Å². The molecule has 2 heterocycles. The van der Waals surface area contributed by atoms with Crippen molar-refractivity contribution in [1.29, 1.82) is 0 Å². The van der Waals surface area contributed by atoms with Crippen molar-refractivity contribution in [2.24, 2.45) is 0 Å². The summed E-state index contributed by atoms with van der Waals surface area (Å²) in [5, 5.41) is 3.31. The first kappa shape index (κ1) is 8.75. The van der Waals surface area contributed by atoms with Gasteiger partial charge in [-0.25, -0.2) is 4.98 Å². The van der Waals surface area contributed by atoms with E-state index >= 15 is 0 Å². The highest BCUT2D eigenvalue weighted by molar-refractivity contribution is 5.01. The van der Waals surface area contributed by atoms with E-state index in [1.54, 1.807) is 0 Å². The van der Waals surface area contributed by atoms with Gasteiger partial charge in [0, 0.05) is 18.9 Å². The zero-order valence-electron chi connectivity index (χ0n) is 8.05. The van der Waals surface area contributed by atoms with Crippen LogP contribution in [-0.4, -0.2) is 18.1 Å². The number of hydrogen-bond acceptors (Lipinski definition) is 3. The van der Waals surface area contributed by atoms with Crippen molar-refractivity contribution in [2.45, 2.75) is 32.1 Å². The van der Waals surface area contributed by atoms with Gasteiger partial charge in [-0.3, -0.25) is 0 Å². The number of nitrogens with zero attached hydrogens (tertiary/aromatic N) is 1. The number of oxazole rings is 1. The van der Waals surface area contributed by atoms with Crippen LogP contribution in [0.25, 0.3) is 0 Å². The van der Waals surface area contributed by atoms with E-state index in [1.807, 2.05) is 6.20 Å². The Bertz CT molecular complexity index is 264. The van der Waals surface area contributed by atoms with E-state index in [4.69, 9.17) is 4.42 Å². The normalized spacial score (nSPS) is 22.4. The summed E-state index contributed by atoms with van der Waals surface area (Å²) >= 11 is 0. The minimum absolute atomic E-state index is 0.505. The molecule has 0 saturated carbocycles. The molecule has 1 aliphatic heterocycles. The first-order chi connectivity index (χ1) is 6.40. The lowest BCUT2D eigenvalue weighted by Gasteiger charge is -2.00. The van der Waals surface area contributed by atoms with Gasteiger partial charge < -0.3 is 9.73 Å². The van der Waals surface area contributed by atoms with Gasteiger partial charge in [0.2, 0.25) is 0 Å². The molecule has 72 valence electrons. The summed E-state index contributed by atoms with van der Waals surface area (Å²) in [5.41, 5.74) is 0. The van der Waals surface area contributed by atoms with Gasteiger partial charge in [-0.15, -0.1) is 0 Å². The number of hydrogen-bond donors (Lipinski definition) is 1. The number of rotatable bonds is 3. The molecule has 0 amide bonds. The molecule has 0 bridgehead atoms. The van der Waals surface area contributed by atoms with Crippen LogP contribution in [0.2, 0.25) is 0 Å².